The molecule has 4 nitrogen and oxygen atoms in total. The highest BCUT2D eigenvalue weighted by atomic mass is 32.1. The van der Waals surface area contributed by atoms with Crippen molar-refractivity contribution in [1.29, 1.82) is 5.26 Å². The van der Waals surface area contributed by atoms with Gasteiger partial charge < -0.3 is 5.11 Å². The summed E-state index contributed by atoms with van der Waals surface area (Å²) in [5, 5.41) is 17.4. The van der Waals surface area contributed by atoms with E-state index >= 15 is 0 Å². The highest BCUT2D eigenvalue weighted by Gasteiger charge is 2.15. The first-order valence-electron chi connectivity index (χ1n) is 3.56. The van der Waals surface area contributed by atoms with Crippen molar-refractivity contribution in [3.63, 3.8) is 0 Å². The van der Waals surface area contributed by atoms with Gasteiger partial charge in [0.2, 0.25) is 0 Å². The molecule has 0 saturated carbocycles. The Balaban J connectivity index is 3.58. The molecule has 0 aliphatic rings. The molecule has 1 aromatic rings. The number of benzene rings is 1. The Morgan fingerprint density at radius 2 is 2.21 bits per heavy atom. The van der Waals surface area contributed by atoms with Crippen molar-refractivity contribution < 1.29 is 14.7 Å². The number of carbonyl (C=O) groups excluding carboxylic acids is 1. The second kappa shape index (κ2) is 3.94. The third-order valence-corrected chi connectivity index (χ3v) is 2.06. The van der Waals surface area contributed by atoms with Crippen LogP contribution >= 0.6 is 12.6 Å². The van der Waals surface area contributed by atoms with E-state index in [0.717, 1.165) is 0 Å². The Bertz CT molecular complexity index is 448. The van der Waals surface area contributed by atoms with Gasteiger partial charge in [0.15, 0.2) is 6.29 Å². The number of thiol groups is 1. The van der Waals surface area contributed by atoms with Crippen LogP contribution in [0.15, 0.2) is 17.0 Å². The topological polar surface area (TPSA) is 78.2 Å². The highest BCUT2D eigenvalue weighted by molar-refractivity contribution is 7.80. The standard InChI is InChI=1S/C9H5NO3S/c10-3-6-7(4-11)5(9(12)13)1-2-8(6)14/h1-2,4,14H,(H,12,13). The maximum atomic E-state index is 10.7. The monoisotopic (exact) mass is 207 g/mol. The molecule has 0 radical (unpaired) electrons. The lowest BCUT2D eigenvalue weighted by molar-refractivity contribution is 0.0694. The first kappa shape index (κ1) is 10.3. The minimum absolute atomic E-state index is 0.0109. The second-order valence-corrected chi connectivity index (χ2v) is 2.94. The summed E-state index contributed by atoms with van der Waals surface area (Å²) < 4.78 is 0. The number of rotatable bonds is 2. The summed E-state index contributed by atoms with van der Waals surface area (Å²) >= 11 is 3.94. The number of aromatic carboxylic acids is 1. The van der Waals surface area contributed by atoms with Gasteiger partial charge in [0.25, 0.3) is 0 Å². The largest absolute Gasteiger partial charge is 0.478 e. The number of carboxylic acid groups (broad SMARTS) is 1. The van der Waals surface area contributed by atoms with Gasteiger partial charge in [-0.05, 0) is 12.1 Å². The van der Waals surface area contributed by atoms with E-state index in [1.807, 2.05) is 0 Å². The number of nitriles is 1. The van der Waals surface area contributed by atoms with Gasteiger partial charge in [0.1, 0.15) is 6.07 Å². The Kier molecular flexibility index (Phi) is 2.89. The molecule has 0 spiro atoms. The molecule has 1 N–H and O–H groups in total. The maximum absolute atomic E-state index is 10.7. The van der Waals surface area contributed by atoms with E-state index in [4.69, 9.17) is 10.4 Å². The summed E-state index contributed by atoms with van der Waals surface area (Å²) in [5.74, 6) is -1.24. The molecule has 0 aromatic heterocycles. The zero-order chi connectivity index (χ0) is 10.7. The molecule has 0 bridgehead atoms. The molecule has 1 rings (SSSR count). The molecule has 0 aliphatic carbocycles. The van der Waals surface area contributed by atoms with Crippen LogP contribution in [0.3, 0.4) is 0 Å². The zero-order valence-electron chi connectivity index (χ0n) is 6.89. The van der Waals surface area contributed by atoms with Crippen LogP contribution in [0.2, 0.25) is 0 Å². The third kappa shape index (κ3) is 1.60. The lowest BCUT2D eigenvalue weighted by Gasteiger charge is -2.03. The van der Waals surface area contributed by atoms with E-state index in [0.29, 0.717) is 11.2 Å². The van der Waals surface area contributed by atoms with Gasteiger partial charge in [-0.2, -0.15) is 5.26 Å². The Hall–Kier alpha value is -1.80. The van der Waals surface area contributed by atoms with Gasteiger partial charge in [-0.3, -0.25) is 4.79 Å². The lowest BCUT2D eigenvalue weighted by Crippen LogP contribution is -2.04. The fourth-order valence-corrected chi connectivity index (χ4v) is 1.28. The van der Waals surface area contributed by atoms with E-state index in [9.17, 15) is 9.59 Å². The smallest absolute Gasteiger partial charge is 0.336 e. The van der Waals surface area contributed by atoms with Crippen LogP contribution in [-0.2, 0) is 0 Å². The molecule has 14 heavy (non-hydrogen) atoms. The predicted molar refractivity (Wildman–Crippen MR) is 50.8 cm³/mol. The van der Waals surface area contributed by atoms with Gasteiger partial charge in [0, 0.05) is 10.5 Å². The van der Waals surface area contributed by atoms with Crippen molar-refractivity contribution in [2.24, 2.45) is 0 Å². The first-order valence-corrected chi connectivity index (χ1v) is 4.01. The van der Waals surface area contributed by atoms with Gasteiger partial charge in [-0.1, -0.05) is 0 Å². The minimum atomic E-state index is -1.24. The van der Waals surface area contributed by atoms with E-state index in [1.54, 1.807) is 6.07 Å². The van der Waals surface area contributed by atoms with Crippen molar-refractivity contribution >= 4 is 24.9 Å². The highest BCUT2D eigenvalue weighted by Crippen LogP contribution is 2.20. The van der Waals surface area contributed by atoms with Crippen LogP contribution < -0.4 is 0 Å². The number of carboxylic acids is 1. The summed E-state index contributed by atoms with van der Waals surface area (Å²) in [6.45, 7) is 0. The Morgan fingerprint density at radius 1 is 1.57 bits per heavy atom. The zero-order valence-corrected chi connectivity index (χ0v) is 7.78. The van der Waals surface area contributed by atoms with Crippen molar-refractivity contribution in [2.75, 3.05) is 0 Å². The summed E-state index contributed by atoms with van der Waals surface area (Å²) in [6, 6.07) is 4.36. The van der Waals surface area contributed by atoms with Crippen molar-refractivity contribution in [1.82, 2.24) is 0 Å². The molecule has 1 aromatic carbocycles. The molecule has 5 heteroatoms. The van der Waals surface area contributed by atoms with Crippen LogP contribution in [-0.4, -0.2) is 17.4 Å². The van der Waals surface area contributed by atoms with Crippen LogP contribution in [0.1, 0.15) is 26.3 Å². The summed E-state index contributed by atoms with van der Waals surface area (Å²) in [4.78, 5) is 21.6. The number of hydrogen-bond donors (Lipinski definition) is 2. The summed E-state index contributed by atoms with van der Waals surface area (Å²) in [7, 11) is 0. The minimum Gasteiger partial charge on any atom is -0.478 e. The van der Waals surface area contributed by atoms with E-state index in [2.05, 4.69) is 12.6 Å². The maximum Gasteiger partial charge on any atom is 0.336 e. The summed E-state index contributed by atoms with van der Waals surface area (Å²) in [6.07, 6.45) is 0.349. The fourth-order valence-electron chi connectivity index (χ4n) is 1.03. The molecule has 70 valence electrons. The normalized spacial score (nSPS) is 9.14. The summed E-state index contributed by atoms with van der Waals surface area (Å²) in [5.41, 5.74) is -0.329. The number of hydrogen-bond acceptors (Lipinski definition) is 4. The van der Waals surface area contributed by atoms with E-state index < -0.39 is 5.97 Å². The van der Waals surface area contributed by atoms with Crippen LogP contribution in [0.5, 0.6) is 0 Å². The molecule has 0 unspecified atom stereocenters. The number of nitrogens with zero attached hydrogens (tertiary/aromatic N) is 1. The molecule has 0 atom stereocenters. The fraction of sp³-hybridized carbons (Fsp3) is 0. The van der Waals surface area contributed by atoms with Gasteiger partial charge >= 0.3 is 5.97 Å². The van der Waals surface area contributed by atoms with Crippen LogP contribution in [0.4, 0.5) is 0 Å². The lowest BCUT2D eigenvalue weighted by atomic mass is 10.0. The van der Waals surface area contributed by atoms with Crippen LogP contribution in [0, 0.1) is 11.3 Å². The average Bonchev–Trinajstić information content (AvgIpc) is 2.16. The molecular formula is C9H5NO3S. The second-order valence-electron chi connectivity index (χ2n) is 2.46. The molecule has 0 amide bonds. The Morgan fingerprint density at radius 3 is 2.64 bits per heavy atom. The van der Waals surface area contributed by atoms with Gasteiger partial charge in [-0.25, -0.2) is 4.79 Å². The van der Waals surface area contributed by atoms with Gasteiger partial charge in [0.05, 0.1) is 11.1 Å². The molecule has 0 saturated heterocycles. The van der Waals surface area contributed by atoms with Crippen molar-refractivity contribution in [2.45, 2.75) is 4.90 Å². The molecule has 0 aliphatic heterocycles. The average molecular weight is 207 g/mol. The van der Waals surface area contributed by atoms with Gasteiger partial charge in [-0.15, -0.1) is 12.6 Å². The van der Waals surface area contributed by atoms with Crippen LogP contribution in [0.25, 0.3) is 0 Å². The Labute approximate surface area is 85.2 Å². The predicted octanol–water partition coefficient (Wildman–Crippen LogP) is 1.36. The van der Waals surface area contributed by atoms with E-state index in [-0.39, 0.29) is 16.7 Å². The first-order chi connectivity index (χ1) is 6.61. The van der Waals surface area contributed by atoms with E-state index in [1.165, 1.54) is 12.1 Å². The van der Waals surface area contributed by atoms with Crippen molar-refractivity contribution in [3.8, 4) is 6.07 Å². The molecule has 0 fully saturated rings. The quantitative estimate of drug-likeness (QED) is 0.567. The molecular weight excluding hydrogens is 202 g/mol. The molecule has 0 heterocycles. The van der Waals surface area contributed by atoms with Crippen molar-refractivity contribution in [3.05, 3.63) is 28.8 Å². The number of carbonyl (C=O) groups is 2. The number of aldehydes is 1. The third-order valence-electron chi connectivity index (χ3n) is 1.68. The SMILES string of the molecule is N#Cc1c(S)ccc(C(=O)O)c1C=O.